The Morgan fingerprint density at radius 3 is 3.19 bits per heavy atom. The van der Waals surface area contributed by atoms with Crippen LogP contribution in [0.3, 0.4) is 0 Å². The van der Waals surface area contributed by atoms with Crippen LogP contribution in [-0.4, -0.2) is 35.9 Å². The lowest BCUT2D eigenvalue weighted by atomic mass is 10.1. The van der Waals surface area contributed by atoms with Gasteiger partial charge in [-0.1, -0.05) is 0 Å². The zero-order valence-electron chi connectivity index (χ0n) is 9.98. The van der Waals surface area contributed by atoms with Gasteiger partial charge < -0.3 is 14.6 Å². The molecule has 0 spiro atoms. The van der Waals surface area contributed by atoms with Crippen molar-refractivity contribution in [1.82, 2.24) is 14.9 Å². The van der Waals surface area contributed by atoms with Crippen molar-refractivity contribution in [2.75, 3.05) is 26.3 Å². The summed E-state index contributed by atoms with van der Waals surface area (Å²) in [5, 5.41) is 3.47. The Kier molecular flexibility index (Phi) is 4.36. The Bertz CT molecular complexity index is 305. The van der Waals surface area contributed by atoms with Crippen LogP contribution in [0.1, 0.15) is 18.7 Å². The highest BCUT2D eigenvalue weighted by Crippen LogP contribution is 2.14. The molecule has 1 N–H and O–H groups in total. The normalized spacial score (nSPS) is 20.4. The third kappa shape index (κ3) is 3.32. The van der Waals surface area contributed by atoms with Gasteiger partial charge in [0, 0.05) is 45.6 Å². The van der Waals surface area contributed by atoms with Gasteiger partial charge in [0.05, 0.1) is 0 Å². The number of nitrogens with zero attached hydrogens (tertiary/aromatic N) is 2. The van der Waals surface area contributed by atoms with Crippen molar-refractivity contribution in [2.45, 2.75) is 19.3 Å². The molecule has 1 aliphatic rings. The van der Waals surface area contributed by atoms with E-state index >= 15 is 0 Å². The maximum Gasteiger partial charge on any atom is 0.109 e. The van der Waals surface area contributed by atoms with E-state index in [9.17, 15) is 0 Å². The molecule has 4 heteroatoms. The summed E-state index contributed by atoms with van der Waals surface area (Å²) in [7, 11) is 2.04. The van der Waals surface area contributed by atoms with Crippen LogP contribution < -0.4 is 5.32 Å². The molecule has 2 heterocycles. The zero-order chi connectivity index (χ0) is 11.2. The van der Waals surface area contributed by atoms with Crippen LogP contribution in [-0.2, 0) is 18.2 Å². The first-order valence-corrected chi connectivity index (χ1v) is 6.11. The molecule has 1 unspecified atom stereocenters. The SMILES string of the molecule is Cn1ccnc1CCNCCC1CCOC1. The molecule has 1 fully saturated rings. The Balaban J connectivity index is 1.53. The van der Waals surface area contributed by atoms with Crippen LogP contribution >= 0.6 is 0 Å². The zero-order valence-corrected chi connectivity index (χ0v) is 9.98. The second-order valence-electron chi connectivity index (χ2n) is 4.47. The van der Waals surface area contributed by atoms with Crippen molar-refractivity contribution in [2.24, 2.45) is 13.0 Å². The number of aromatic nitrogens is 2. The summed E-state index contributed by atoms with van der Waals surface area (Å²) in [6.07, 6.45) is 7.32. The van der Waals surface area contributed by atoms with Crippen molar-refractivity contribution in [3.8, 4) is 0 Å². The fourth-order valence-corrected chi connectivity index (χ4v) is 2.08. The molecule has 0 aromatic carbocycles. The average molecular weight is 223 g/mol. The second-order valence-corrected chi connectivity index (χ2v) is 4.47. The van der Waals surface area contributed by atoms with Gasteiger partial charge in [0.2, 0.25) is 0 Å². The Morgan fingerprint density at radius 2 is 2.50 bits per heavy atom. The third-order valence-corrected chi connectivity index (χ3v) is 3.20. The van der Waals surface area contributed by atoms with E-state index < -0.39 is 0 Å². The van der Waals surface area contributed by atoms with Crippen LogP contribution in [0.25, 0.3) is 0 Å². The molecule has 1 saturated heterocycles. The van der Waals surface area contributed by atoms with Gasteiger partial charge in [0.25, 0.3) is 0 Å². The molecule has 4 nitrogen and oxygen atoms in total. The molecular formula is C12H21N3O. The van der Waals surface area contributed by atoms with Gasteiger partial charge in [-0.25, -0.2) is 4.98 Å². The van der Waals surface area contributed by atoms with Crippen LogP contribution in [0.2, 0.25) is 0 Å². The van der Waals surface area contributed by atoms with Gasteiger partial charge in [0.1, 0.15) is 5.82 Å². The summed E-state index contributed by atoms with van der Waals surface area (Å²) < 4.78 is 7.42. The first-order valence-electron chi connectivity index (χ1n) is 6.11. The van der Waals surface area contributed by atoms with Gasteiger partial charge in [0.15, 0.2) is 0 Å². The number of ether oxygens (including phenoxy) is 1. The summed E-state index contributed by atoms with van der Waals surface area (Å²) in [4.78, 5) is 4.29. The molecule has 16 heavy (non-hydrogen) atoms. The fraction of sp³-hybridized carbons (Fsp3) is 0.750. The average Bonchev–Trinajstić information content (AvgIpc) is 2.90. The lowest BCUT2D eigenvalue weighted by Gasteiger charge is -2.08. The van der Waals surface area contributed by atoms with Gasteiger partial charge in [-0.3, -0.25) is 0 Å². The van der Waals surface area contributed by atoms with Gasteiger partial charge in [-0.2, -0.15) is 0 Å². The monoisotopic (exact) mass is 223 g/mol. The van der Waals surface area contributed by atoms with E-state index in [0.717, 1.165) is 44.5 Å². The molecular weight excluding hydrogens is 202 g/mol. The second kappa shape index (κ2) is 6.01. The summed E-state index contributed by atoms with van der Waals surface area (Å²) >= 11 is 0. The highest BCUT2D eigenvalue weighted by atomic mass is 16.5. The number of hydrogen-bond acceptors (Lipinski definition) is 3. The van der Waals surface area contributed by atoms with Crippen LogP contribution in [0, 0.1) is 5.92 Å². The van der Waals surface area contributed by atoms with Crippen LogP contribution in [0.5, 0.6) is 0 Å². The highest BCUT2D eigenvalue weighted by Gasteiger charge is 2.14. The minimum atomic E-state index is 0.778. The summed E-state index contributed by atoms with van der Waals surface area (Å²) in [6.45, 7) is 4.02. The molecule has 1 aromatic heterocycles. The summed E-state index contributed by atoms with van der Waals surface area (Å²) in [5.74, 6) is 1.93. The van der Waals surface area contributed by atoms with Crippen LogP contribution in [0.15, 0.2) is 12.4 Å². The molecule has 1 atom stereocenters. The lowest BCUT2D eigenvalue weighted by molar-refractivity contribution is 0.184. The first kappa shape index (κ1) is 11.6. The van der Waals surface area contributed by atoms with E-state index in [-0.39, 0.29) is 0 Å². The minimum Gasteiger partial charge on any atom is -0.381 e. The largest absolute Gasteiger partial charge is 0.381 e. The van der Waals surface area contributed by atoms with E-state index in [2.05, 4.69) is 14.9 Å². The predicted molar refractivity (Wildman–Crippen MR) is 63.3 cm³/mol. The van der Waals surface area contributed by atoms with E-state index in [1.807, 2.05) is 19.4 Å². The number of rotatable bonds is 6. The number of imidazole rings is 1. The molecule has 90 valence electrons. The molecule has 1 aliphatic heterocycles. The third-order valence-electron chi connectivity index (χ3n) is 3.20. The van der Waals surface area contributed by atoms with Crippen molar-refractivity contribution in [3.05, 3.63) is 18.2 Å². The molecule has 0 bridgehead atoms. The van der Waals surface area contributed by atoms with Crippen LogP contribution in [0.4, 0.5) is 0 Å². The number of aryl methyl sites for hydroxylation is 1. The van der Waals surface area contributed by atoms with Crippen molar-refractivity contribution < 1.29 is 4.74 Å². The van der Waals surface area contributed by atoms with Gasteiger partial charge in [-0.05, 0) is 25.3 Å². The lowest BCUT2D eigenvalue weighted by Crippen LogP contribution is -2.21. The molecule has 1 aromatic rings. The topological polar surface area (TPSA) is 39.1 Å². The Hall–Kier alpha value is -0.870. The summed E-state index contributed by atoms with van der Waals surface area (Å²) in [6, 6.07) is 0. The molecule has 0 saturated carbocycles. The van der Waals surface area contributed by atoms with Crippen molar-refractivity contribution >= 4 is 0 Å². The maximum atomic E-state index is 5.35. The molecule has 0 amide bonds. The molecule has 2 rings (SSSR count). The standard InChI is InChI=1S/C12H21N3O/c1-15-8-7-14-12(15)3-6-13-5-2-11-4-9-16-10-11/h7-8,11,13H,2-6,9-10H2,1H3. The first-order chi connectivity index (χ1) is 7.86. The maximum absolute atomic E-state index is 5.35. The van der Waals surface area contributed by atoms with E-state index in [0.29, 0.717) is 0 Å². The fourth-order valence-electron chi connectivity index (χ4n) is 2.08. The van der Waals surface area contributed by atoms with Gasteiger partial charge in [-0.15, -0.1) is 0 Å². The number of nitrogens with one attached hydrogen (secondary N) is 1. The number of hydrogen-bond donors (Lipinski definition) is 1. The van der Waals surface area contributed by atoms with Gasteiger partial charge >= 0.3 is 0 Å². The minimum absolute atomic E-state index is 0.778. The quantitative estimate of drug-likeness (QED) is 0.731. The molecule has 0 radical (unpaired) electrons. The van der Waals surface area contributed by atoms with E-state index in [1.165, 1.54) is 12.8 Å². The van der Waals surface area contributed by atoms with E-state index in [4.69, 9.17) is 4.74 Å². The van der Waals surface area contributed by atoms with Crippen molar-refractivity contribution in [3.63, 3.8) is 0 Å². The van der Waals surface area contributed by atoms with Crippen molar-refractivity contribution in [1.29, 1.82) is 0 Å². The Labute approximate surface area is 97.0 Å². The highest BCUT2D eigenvalue weighted by molar-refractivity contribution is 4.91. The Morgan fingerprint density at radius 1 is 1.56 bits per heavy atom. The van der Waals surface area contributed by atoms with E-state index in [1.54, 1.807) is 0 Å². The predicted octanol–water partition coefficient (Wildman–Crippen LogP) is 0.979. The summed E-state index contributed by atoms with van der Waals surface area (Å²) in [5.41, 5.74) is 0. The smallest absolute Gasteiger partial charge is 0.109 e. The molecule has 0 aliphatic carbocycles.